The number of unbranched alkanes of at least 4 members (excludes halogenated alkanes) is 6. The van der Waals surface area contributed by atoms with Gasteiger partial charge in [0.15, 0.2) is 6.29 Å². The van der Waals surface area contributed by atoms with E-state index in [-0.39, 0.29) is 19.0 Å². The van der Waals surface area contributed by atoms with Crippen molar-refractivity contribution in [2.24, 2.45) is 0 Å². The summed E-state index contributed by atoms with van der Waals surface area (Å²) >= 11 is 0. The molecule has 0 spiro atoms. The molecule has 0 bridgehead atoms. The molecule has 0 saturated heterocycles. The first kappa shape index (κ1) is 29.8. The summed E-state index contributed by atoms with van der Waals surface area (Å²) in [6.07, 6.45) is 8.21. The second-order valence-electron chi connectivity index (χ2n) is 7.45. The van der Waals surface area contributed by atoms with Crippen molar-refractivity contribution in [3.8, 4) is 0 Å². The van der Waals surface area contributed by atoms with E-state index in [1.807, 2.05) is 0 Å². The van der Waals surface area contributed by atoms with Gasteiger partial charge in [0.05, 0.1) is 26.4 Å². The first-order valence-corrected chi connectivity index (χ1v) is 11.9. The fourth-order valence-corrected chi connectivity index (χ4v) is 2.63. The summed E-state index contributed by atoms with van der Waals surface area (Å²) in [5.74, 6) is -1.04. The molecule has 0 aromatic rings. The normalized spacial score (nSPS) is 11.2. The molecular formula is C23H44O8. The summed E-state index contributed by atoms with van der Waals surface area (Å²) < 4.78 is 27.6. The van der Waals surface area contributed by atoms with Gasteiger partial charge in [0.25, 0.3) is 0 Å². The van der Waals surface area contributed by atoms with Crippen molar-refractivity contribution in [3.63, 3.8) is 0 Å². The number of carboxylic acid groups (broad SMARTS) is 1. The third-order valence-electron chi connectivity index (χ3n) is 4.50. The van der Waals surface area contributed by atoms with Gasteiger partial charge in [-0.2, -0.15) is 0 Å². The minimum absolute atomic E-state index is 0.0430. The number of esters is 1. The highest BCUT2D eigenvalue weighted by atomic mass is 16.7. The number of carbonyl (C=O) groups excluding carboxylic acids is 1. The summed E-state index contributed by atoms with van der Waals surface area (Å²) in [6, 6.07) is 0. The maximum Gasteiger partial charge on any atom is 0.305 e. The SMILES string of the molecule is CCCCOCCOC(COC(=O)CCCCCCCC(=O)O)OCCOCCCC. The first-order chi connectivity index (χ1) is 15.1. The zero-order chi connectivity index (χ0) is 23.0. The average molecular weight is 449 g/mol. The molecule has 0 unspecified atom stereocenters. The van der Waals surface area contributed by atoms with Gasteiger partial charge in [0.2, 0.25) is 0 Å². The van der Waals surface area contributed by atoms with E-state index < -0.39 is 12.3 Å². The number of carboxylic acids is 1. The Morgan fingerprint density at radius 2 is 1.19 bits per heavy atom. The van der Waals surface area contributed by atoms with Crippen LogP contribution >= 0.6 is 0 Å². The van der Waals surface area contributed by atoms with E-state index in [4.69, 9.17) is 28.8 Å². The van der Waals surface area contributed by atoms with Crippen molar-refractivity contribution in [1.29, 1.82) is 0 Å². The average Bonchev–Trinajstić information content (AvgIpc) is 2.75. The lowest BCUT2D eigenvalue weighted by molar-refractivity contribution is -0.190. The molecule has 31 heavy (non-hydrogen) atoms. The molecule has 0 heterocycles. The van der Waals surface area contributed by atoms with Gasteiger partial charge >= 0.3 is 11.9 Å². The Kier molecular flexibility index (Phi) is 22.5. The van der Waals surface area contributed by atoms with Crippen LogP contribution in [0.15, 0.2) is 0 Å². The Labute approximate surface area is 187 Å². The molecule has 0 rings (SSSR count). The van der Waals surface area contributed by atoms with Crippen molar-refractivity contribution in [2.45, 2.75) is 90.8 Å². The van der Waals surface area contributed by atoms with Crippen molar-refractivity contribution < 1.29 is 38.4 Å². The Balaban J connectivity index is 3.96. The number of hydrogen-bond donors (Lipinski definition) is 1. The molecule has 0 saturated carbocycles. The van der Waals surface area contributed by atoms with E-state index in [1.165, 1.54) is 0 Å². The van der Waals surface area contributed by atoms with E-state index in [2.05, 4.69) is 13.8 Å². The zero-order valence-electron chi connectivity index (χ0n) is 19.6. The molecule has 0 atom stereocenters. The van der Waals surface area contributed by atoms with Gasteiger partial charge < -0.3 is 28.8 Å². The summed E-state index contributed by atoms with van der Waals surface area (Å²) in [7, 11) is 0. The number of ether oxygens (including phenoxy) is 5. The summed E-state index contributed by atoms with van der Waals surface area (Å²) in [6.45, 7) is 7.38. The van der Waals surface area contributed by atoms with Crippen LogP contribution in [0.2, 0.25) is 0 Å². The van der Waals surface area contributed by atoms with Crippen LogP contribution in [0.1, 0.15) is 84.5 Å². The molecule has 0 radical (unpaired) electrons. The van der Waals surface area contributed by atoms with Crippen molar-refractivity contribution in [1.82, 2.24) is 0 Å². The van der Waals surface area contributed by atoms with Crippen molar-refractivity contribution in [3.05, 3.63) is 0 Å². The van der Waals surface area contributed by atoms with Gasteiger partial charge in [-0.3, -0.25) is 9.59 Å². The smallest absolute Gasteiger partial charge is 0.305 e. The highest BCUT2D eigenvalue weighted by molar-refractivity contribution is 5.69. The highest BCUT2D eigenvalue weighted by Gasteiger charge is 2.13. The minimum Gasteiger partial charge on any atom is -0.481 e. The predicted molar refractivity (Wildman–Crippen MR) is 118 cm³/mol. The van der Waals surface area contributed by atoms with Gasteiger partial charge in [0.1, 0.15) is 6.61 Å². The molecule has 0 aromatic heterocycles. The van der Waals surface area contributed by atoms with E-state index in [0.717, 1.165) is 51.4 Å². The van der Waals surface area contributed by atoms with Gasteiger partial charge in [-0.25, -0.2) is 0 Å². The van der Waals surface area contributed by atoms with Crippen LogP contribution in [0.4, 0.5) is 0 Å². The zero-order valence-corrected chi connectivity index (χ0v) is 19.6. The maximum absolute atomic E-state index is 12.0. The van der Waals surface area contributed by atoms with Crippen molar-refractivity contribution in [2.75, 3.05) is 46.2 Å². The third-order valence-corrected chi connectivity index (χ3v) is 4.50. The number of hydrogen-bond acceptors (Lipinski definition) is 7. The summed E-state index contributed by atoms with van der Waals surface area (Å²) in [5, 5.41) is 8.60. The highest BCUT2D eigenvalue weighted by Crippen LogP contribution is 2.08. The van der Waals surface area contributed by atoms with E-state index in [1.54, 1.807) is 0 Å². The fourth-order valence-electron chi connectivity index (χ4n) is 2.63. The molecule has 0 aliphatic heterocycles. The first-order valence-electron chi connectivity index (χ1n) is 11.9. The van der Waals surface area contributed by atoms with E-state index >= 15 is 0 Å². The lowest BCUT2D eigenvalue weighted by Gasteiger charge is -2.19. The fraction of sp³-hybridized carbons (Fsp3) is 0.913. The molecule has 184 valence electrons. The van der Waals surface area contributed by atoms with Crippen molar-refractivity contribution >= 4 is 11.9 Å². The van der Waals surface area contributed by atoms with Crippen LogP contribution in [-0.2, 0) is 33.3 Å². The van der Waals surface area contributed by atoms with Crippen LogP contribution in [-0.4, -0.2) is 69.6 Å². The number of rotatable bonds is 24. The molecule has 0 aliphatic carbocycles. The third kappa shape index (κ3) is 23.3. The van der Waals surface area contributed by atoms with Gasteiger partial charge in [-0.1, -0.05) is 46.0 Å². The maximum atomic E-state index is 12.0. The van der Waals surface area contributed by atoms with Gasteiger partial charge in [0, 0.05) is 26.1 Å². The monoisotopic (exact) mass is 448 g/mol. The summed E-state index contributed by atoms with van der Waals surface area (Å²) in [5.41, 5.74) is 0. The van der Waals surface area contributed by atoms with Crippen LogP contribution in [0.3, 0.4) is 0 Å². The number of aliphatic carboxylic acids is 1. The van der Waals surface area contributed by atoms with Gasteiger partial charge in [-0.15, -0.1) is 0 Å². The number of carbonyl (C=O) groups is 2. The molecule has 0 aromatic carbocycles. The van der Waals surface area contributed by atoms with Crippen LogP contribution in [0.25, 0.3) is 0 Å². The Morgan fingerprint density at radius 3 is 1.71 bits per heavy atom. The van der Waals surface area contributed by atoms with Gasteiger partial charge in [-0.05, 0) is 25.7 Å². The topological polar surface area (TPSA) is 101 Å². The van der Waals surface area contributed by atoms with Crippen LogP contribution in [0, 0.1) is 0 Å². The van der Waals surface area contributed by atoms with E-state index in [9.17, 15) is 9.59 Å². The lowest BCUT2D eigenvalue weighted by atomic mass is 10.1. The second kappa shape index (κ2) is 23.4. The molecular weight excluding hydrogens is 404 g/mol. The molecule has 1 N–H and O–H groups in total. The Morgan fingerprint density at radius 1 is 0.677 bits per heavy atom. The standard InChI is InChI=1S/C23H44O8/c1-3-5-14-27-16-18-29-23(30-19-17-28-15-6-4-2)20-31-22(26)13-11-9-7-8-10-12-21(24)25/h23H,3-20H2,1-2H3,(H,24,25). The Bertz CT molecular complexity index is 400. The van der Waals surface area contributed by atoms with Crippen LogP contribution in [0.5, 0.6) is 0 Å². The van der Waals surface area contributed by atoms with Crippen LogP contribution < -0.4 is 0 Å². The lowest BCUT2D eigenvalue weighted by Crippen LogP contribution is -2.28. The summed E-state index contributed by atoms with van der Waals surface area (Å²) in [4.78, 5) is 22.4. The quantitative estimate of drug-likeness (QED) is 0.132. The molecule has 0 aliphatic rings. The Hall–Kier alpha value is -1.22. The predicted octanol–water partition coefficient (Wildman–Crippen LogP) is 4.34. The van der Waals surface area contributed by atoms with E-state index in [0.29, 0.717) is 52.5 Å². The molecule has 0 fully saturated rings. The molecule has 8 nitrogen and oxygen atoms in total. The minimum atomic E-state index is -0.761. The molecule has 0 amide bonds. The second-order valence-corrected chi connectivity index (χ2v) is 7.45. The molecule has 8 heteroatoms. The largest absolute Gasteiger partial charge is 0.481 e.